The van der Waals surface area contributed by atoms with E-state index in [9.17, 15) is 9.59 Å². The summed E-state index contributed by atoms with van der Waals surface area (Å²) in [6.45, 7) is 2.80. The topological polar surface area (TPSA) is 78.5 Å². The van der Waals surface area contributed by atoms with Gasteiger partial charge in [-0.2, -0.15) is 0 Å². The maximum absolute atomic E-state index is 12.4. The number of likely N-dealkylation sites (N-methyl/N-ethyl adjacent to an activating group) is 1. The maximum Gasteiger partial charge on any atom is 0.249 e. The Kier molecular flexibility index (Phi) is 5.03. The fourth-order valence-corrected chi connectivity index (χ4v) is 3.23. The Morgan fingerprint density at radius 3 is 2.92 bits per heavy atom. The lowest BCUT2D eigenvalue weighted by molar-refractivity contribution is -0.145. The molecule has 3 rings (SSSR count). The van der Waals surface area contributed by atoms with Crippen LogP contribution in [0.25, 0.3) is 11.0 Å². The van der Waals surface area contributed by atoms with Gasteiger partial charge in [0.25, 0.3) is 0 Å². The van der Waals surface area contributed by atoms with Gasteiger partial charge in [-0.1, -0.05) is 12.1 Å². The van der Waals surface area contributed by atoms with Gasteiger partial charge in [0.15, 0.2) is 0 Å². The largest absolute Gasteiger partial charge is 0.364 e. The van der Waals surface area contributed by atoms with Crippen LogP contribution < -0.4 is 0 Å². The van der Waals surface area contributed by atoms with Gasteiger partial charge in [0.2, 0.25) is 11.8 Å². The van der Waals surface area contributed by atoms with Crippen molar-refractivity contribution in [2.75, 3.05) is 27.2 Å². The number of hydrogen-bond acceptors (Lipinski definition) is 4. The molecule has 1 aliphatic rings. The highest BCUT2D eigenvalue weighted by molar-refractivity contribution is 5.88. The lowest BCUT2D eigenvalue weighted by Crippen LogP contribution is -2.46. The number of amides is 2. The van der Waals surface area contributed by atoms with Crippen LogP contribution in [0.1, 0.15) is 24.2 Å². The lowest BCUT2D eigenvalue weighted by atomic mass is 10.2. The summed E-state index contributed by atoms with van der Waals surface area (Å²) < 4.78 is 5.54. The molecule has 1 aromatic heterocycles. The molecule has 2 amide bonds. The fraction of sp³-hybridized carbons (Fsp3) is 0.500. The van der Waals surface area contributed by atoms with Crippen LogP contribution in [0.5, 0.6) is 0 Å². The molecule has 25 heavy (non-hydrogen) atoms. The number of aromatic nitrogens is 2. The van der Waals surface area contributed by atoms with Gasteiger partial charge in [-0.25, -0.2) is 4.98 Å². The molecule has 0 radical (unpaired) electrons. The van der Waals surface area contributed by atoms with E-state index in [1.165, 1.54) is 4.90 Å². The fourth-order valence-electron chi connectivity index (χ4n) is 3.23. The van der Waals surface area contributed by atoms with E-state index in [0.717, 1.165) is 23.0 Å². The van der Waals surface area contributed by atoms with Gasteiger partial charge in [-0.05, 0) is 31.4 Å². The standard InChI is InChI=1S/C18H24N4O3/c1-12-6-4-7-13-17(12)20-15(19-13)10-25-11-16(23)22-9-5-8-14(22)18(24)21(2)3/h4,6-7,14H,5,8-11H2,1-3H3,(H,19,20)/t14-/m1/s1. The van der Waals surface area contributed by atoms with Crippen molar-refractivity contribution in [3.63, 3.8) is 0 Å². The first-order valence-electron chi connectivity index (χ1n) is 8.50. The average molecular weight is 344 g/mol. The van der Waals surface area contributed by atoms with Gasteiger partial charge in [0, 0.05) is 20.6 Å². The van der Waals surface area contributed by atoms with Crippen molar-refractivity contribution in [2.24, 2.45) is 0 Å². The molecule has 1 aliphatic heterocycles. The molecule has 1 fully saturated rings. The second-order valence-corrected chi connectivity index (χ2v) is 6.63. The summed E-state index contributed by atoms with van der Waals surface area (Å²) in [7, 11) is 3.42. The molecule has 1 aromatic carbocycles. The highest BCUT2D eigenvalue weighted by Crippen LogP contribution is 2.19. The first-order valence-corrected chi connectivity index (χ1v) is 8.50. The number of para-hydroxylation sites is 1. The number of nitrogens with zero attached hydrogens (tertiary/aromatic N) is 3. The smallest absolute Gasteiger partial charge is 0.249 e. The van der Waals surface area contributed by atoms with E-state index in [2.05, 4.69) is 9.97 Å². The molecule has 1 atom stereocenters. The van der Waals surface area contributed by atoms with E-state index in [1.807, 2.05) is 25.1 Å². The Morgan fingerprint density at radius 2 is 2.20 bits per heavy atom. The monoisotopic (exact) mass is 344 g/mol. The van der Waals surface area contributed by atoms with E-state index < -0.39 is 0 Å². The summed E-state index contributed by atoms with van der Waals surface area (Å²) in [6, 6.07) is 5.58. The zero-order valence-electron chi connectivity index (χ0n) is 14.9. The molecule has 2 aromatic rings. The van der Waals surface area contributed by atoms with Crippen molar-refractivity contribution in [1.29, 1.82) is 0 Å². The van der Waals surface area contributed by atoms with Crippen LogP contribution in [0.3, 0.4) is 0 Å². The van der Waals surface area contributed by atoms with Crippen LogP contribution in [0.15, 0.2) is 18.2 Å². The van der Waals surface area contributed by atoms with Crippen molar-refractivity contribution in [3.05, 3.63) is 29.6 Å². The molecule has 7 nitrogen and oxygen atoms in total. The molecule has 1 N–H and O–H groups in total. The zero-order valence-corrected chi connectivity index (χ0v) is 14.9. The number of carbonyl (C=O) groups is 2. The van der Waals surface area contributed by atoms with E-state index >= 15 is 0 Å². The molecule has 0 spiro atoms. The number of fused-ring (bicyclic) bond motifs is 1. The van der Waals surface area contributed by atoms with Crippen molar-refractivity contribution in [2.45, 2.75) is 32.4 Å². The molecule has 0 unspecified atom stereocenters. The van der Waals surface area contributed by atoms with Gasteiger partial charge in [0.1, 0.15) is 25.1 Å². The molecular weight excluding hydrogens is 320 g/mol. The van der Waals surface area contributed by atoms with Crippen LogP contribution >= 0.6 is 0 Å². The predicted octanol–water partition coefficient (Wildman–Crippen LogP) is 1.47. The van der Waals surface area contributed by atoms with Crippen LogP contribution in [0, 0.1) is 6.92 Å². The second-order valence-electron chi connectivity index (χ2n) is 6.63. The number of imidazole rings is 1. The van der Waals surface area contributed by atoms with Crippen molar-refractivity contribution < 1.29 is 14.3 Å². The molecule has 0 aliphatic carbocycles. The van der Waals surface area contributed by atoms with E-state index in [-0.39, 0.29) is 31.1 Å². The van der Waals surface area contributed by atoms with Crippen LogP contribution in [0.4, 0.5) is 0 Å². The van der Waals surface area contributed by atoms with Gasteiger partial charge in [0.05, 0.1) is 11.0 Å². The molecule has 2 heterocycles. The summed E-state index contributed by atoms with van der Waals surface area (Å²) in [5.74, 6) is 0.517. The number of benzene rings is 1. The Bertz CT molecular complexity index is 784. The third-order valence-electron chi connectivity index (χ3n) is 4.53. The Balaban J connectivity index is 1.56. The number of nitrogens with one attached hydrogen (secondary N) is 1. The third-order valence-corrected chi connectivity index (χ3v) is 4.53. The molecule has 0 saturated carbocycles. The number of H-pyrrole nitrogens is 1. The third kappa shape index (κ3) is 3.66. The number of rotatable bonds is 5. The summed E-state index contributed by atoms with van der Waals surface area (Å²) in [4.78, 5) is 35.4. The molecule has 7 heteroatoms. The Labute approximate surface area is 147 Å². The highest BCUT2D eigenvalue weighted by Gasteiger charge is 2.34. The first-order chi connectivity index (χ1) is 12.0. The second kappa shape index (κ2) is 7.23. The van der Waals surface area contributed by atoms with Crippen molar-refractivity contribution >= 4 is 22.8 Å². The molecular formula is C18H24N4O3. The van der Waals surface area contributed by atoms with Crippen LogP contribution in [0.2, 0.25) is 0 Å². The van der Waals surface area contributed by atoms with Crippen molar-refractivity contribution in [3.8, 4) is 0 Å². The van der Waals surface area contributed by atoms with Gasteiger partial charge >= 0.3 is 0 Å². The average Bonchev–Trinajstić information content (AvgIpc) is 3.21. The number of likely N-dealkylation sites (tertiary alicyclic amines) is 1. The van der Waals surface area contributed by atoms with Crippen LogP contribution in [-0.2, 0) is 20.9 Å². The summed E-state index contributed by atoms with van der Waals surface area (Å²) in [5.41, 5.74) is 2.97. The van der Waals surface area contributed by atoms with Gasteiger partial charge in [-0.3, -0.25) is 9.59 Å². The zero-order chi connectivity index (χ0) is 18.0. The number of carbonyl (C=O) groups excluding carboxylic acids is 2. The first kappa shape index (κ1) is 17.4. The van der Waals surface area contributed by atoms with E-state index in [1.54, 1.807) is 19.0 Å². The number of hydrogen-bond donors (Lipinski definition) is 1. The van der Waals surface area contributed by atoms with Gasteiger partial charge < -0.3 is 19.5 Å². The summed E-state index contributed by atoms with van der Waals surface area (Å²) in [5, 5.41) is 0. The SMILES string of the molecule is Cc1cccc2[nH]c(COCC(=O)N3CCC[C@@H]3C(=O)N(C)C)nc12. The number of aromatic amines is 1. The number of ether oxygens (including phenoxy) is 1. The van der Waals surface area contributed by atoms with E-state index in [4.69, 9.17) is 4.74 Å². The Morgan fingerprint density at radius 1 is 1.40 bits per heavy atom. The van der Waals surface area contributed by atoms with Crippen molar-refractivity contribution in [1.82, 2.24) is 19.8 Å². The normalized spacial score (nSPS) is 17.2. The van der Waals surface area contributed by atoms with Crippen LogP contribution in [-0.4, -0.2) is 64.9 Å². The Hall–Kier alpha value is -2.41. The maximum atomic E-state index is 12.4. The predicted molar refractivity (Wildman–Crippen MR) is 93.9 cm³/mol. The lowest BCUT2D eigenvalue weighted by Gasteiger charge is -2.26. The molecule has 1 saturated heterocycles. The molecule has 134 valence electrons. The summed E-state index contributed by atoms with van der Waals surface area (Å²) >= 11 is 0. The van der Waals surface area contributed by atoms with Gasteiger partial charge in [-0.15, -0.1) is 0 Å². The minimum absolute atomic E-state index is 0.0291. The minimum atomic E-state index is -0.361. The number of aryl methyl sites for hydroxylation is 1. The highest BCUT2D eigenvalue weighted by atomic mass is 16.5. The molecule has 0 bridgehead atoms. The van der Waals surface area contributed by atoms with E-state index in [0.29, 0.717) is 18.8 Å². The minimum Gasteiger partial charge on any atom is -0.364 e. The summed E-state index contributed by atoms with van der Waals surface area (Å²) in [6.07, 6.45) is 1.56. The quantitative estimate of drug-likeness (QED) is 0.891.